The zero-order valence-corrected chi connectivity index (χ0v) is 14.5. The summed E-state index contributed by atoms with van der Waals surface area (Å²) < 4.78 is 5.10. The molecule has 1 aromatic carbocycles. The monoisotopic (exact) mass is 371 g/mol. The quantitative estimate of drug-likeness (QED) is 0.361. The zero-order chi connectivity index (χ0) is 19.3. The van der Waals surface area contributed by atoms with Gasteiger partial charge in [-0.1, -0.05) is 12.2 Å². The molecule has 1 N–H and O–H groups in total. The molecule has 3 aliphatic rings. The van der Waals surface area contributed by atoms with Crippen molar-refractivity contribution in [3.8, 4) is 5.75 Å². The number of nitrogens with one attached hydrogen (secondary N) is 1. The van der Waals surface area contributed by atoms with Crippen LogP contribution in [0.5, 0.6) is 5.75 Å². The lowest BCUT2D eigenvalue weighted by atomic mass is 9.85. The van der Waals surface area contributed by atoms with Crippen LogP contribution in [0.2, 0.25) is 0 Å². The summed E-state index contributed by atoms with van der Waals surface area (Å²) in [5.41, 5.74) is -0.102. The molecule has 9 heteroatoms. The fourth-order valence-electron chi connectivity index (χ4n) is 4.36. The third kappa shape index (κ3) is 2.66. The number of methoxy groups -OCH3 is 1. The second-order valence-electron chi connectivity index (χ2n) is 6.95. The largest absolute Gasteiger partial charge is 0.495 e. The van der Waals surface area contributed by atoms with Gasteiger partial charge < -0.3 is 10.1 Å². The van der Waals surface area contributed by atoms with E-state index in [2.05, 4.69) is 5.32 Å². The highest BCUT2D eigenvalue weighted by molar-refractivity contribution is 6.09. The molecule has 1 saturated heterocycles. The van der Waals surface area contributed by atoms with Crippen molar-refractivity contribution in [2.24, 2.45) is 23.7 Å². The first-order chi connectivity index (χ1) is 12.9. The van der Waals surface area contributed by atoms with Crippen molar-refractivity contribution >= 4 is 29.1 Å². The van der Waals surface area contributed by atoms with Gasteiger partial charge in [-0.25, -0.2) is 0 Å². The first-order valence-corrected chi connectivity index (χ1v) is 8.56. The number of imide groups is 1. The Kier molecular flexibility index (Phi) is 3.94. The number of nitro groups is 1. The molecule has 0 radical (unpaired) electrons. The fraction of sp³-hybridized carbons (Fsp3) is 0.389. The van der Waals surface area contributed by atoms with Crippen LogP contribution in [0.4, 0.5) is 11.4 Å². The number of nitro benzene ring substituents is 1. The Bertz CT molecular complexity index is 865. The maximum atomic E-state index is 12.6. The lowest BCUT2D eigenvalue weighted by molar-refractivity contribution is -0.384. The molecule has 2 bridgehead atoms. The van der Waals surface area contributed by atoms with Crippen LogP contribution >= 0.6 is 0 Å². The number of fused-ring (bicyclic) bond motifs is 5. The van der Waals surface area contributed by atoms with Crippen molar-refractivity contribution < 1.29 is 24.0 Å². The summed E-state index contributed by atoms with van der Waals surface area (Å²) in [5, 5.41) is 13.4. The molecule has 1 saturated carbocycles. The van der Waals surface area contributed by atoms with E-state index in [0.29, 0.717) is 0 Å². The Morgan fingerprint density at radius 3 is 2.44 bits per heavy atom. The predicted octanol–water partition coefficient (Wildman–Crippen LogP) is 1.35. The van der Waals surface area contributed by atoms with Gasteiger partial charge in [-0.2, -0.15) is 0 Å². The van der Waals surface area contributed by atoms with E-state index in [-0.39, 0.29) is 52.6 Å². The van der Waals surface area contributed by atoms with Gasteiger partial charge in [-0.3, -0.25) is 29.4 Å². The summed E-state index contributed by atoms with van der Waals surface area (Å²) >= 11 is 0. The van der Waals surface area contributed by atoms with Crippen LogP contribution in [0.15, 0.2) is 30.4 Å². The van der Waals surface area contributed by atoms with Crippen LogP contribution in [0.3, 0.4) is 0 Å². The summed E-state index contributed by atoms with van der Waals surface area (Å²) in [4.78, 5) is 49.0. The van der Waals surface area contributed by atoms with Crippen LogP contribution in [-0.4, -0.2) is 41.2 Å². The molecule has 9 nitrogen and oxygen atoms in total. The van der Waals surface area contributed by atoms with Crippen molar-refractivity contribution in [3.63, 3.8) is 0 Å². The van der Waals surface area contributed by atoms with E-state index < -0.39 is 17.4 Å². The number of nitrogens with zero attached hydrogens (tertiary/aromatic N) is 2. The minimum absolute atomic E-state index is 0.0707. The van der Waals surface area contributed by atoms with E-state index in [4.69, 9.17) is 4.74 Å². The Balaban J connectivity index is 1.49. The summed E-state index contributed by atoms with van der Waals surface area (Å²) in [5.74, 6) is -1.60. The van der Waals surface area contributed by atoms with Gasteiger partial charge >= 0.3 is 0 Å². The molecule has 2 aliphatic carbocycles. The van der Waals surface area contributed by atoms with Crippen molar-refractivity contribution in [1.82, 2.24) is 4.90 Å². The molecule has 0 aromatic heterocycles. The van der Waals surface area contributed by atoms with Crippen molar-refractivity contribution in [1.29, 1.82) is 0 Å². The van der Waals surface area contributed by atoms with E-state index in [1.165, 1.54) is 25.3 Å². The summed E-state index contributed by atoms with van der Waals surface area (Å²) in [6.07, 6.45) is 4.78. The van der Waals surface area contributed by atoms with E-state index in [9.17, 15) is 24.5 Å². The maximum absolute atomic E-state index is 12.6. The highest BCUT2D eigenvalue weighted by atomic mass is 16.6. The summed E-state index contributed by atoms with van der Waals surface area (Å²) in [6.45, 7) is -0.421. The second-order valence-corrected chi connectivity index (χ2v) is 6.95. The molecular formula is C18H17N3O6. The molecule has 0 unspecified atom stereocenters. The van der Waals surface area contributed by atoms with Gasteiger partial charge in [-0.05, 0) is 24.3 Å². The topological polar surface area (TPSA) is 119 Å². The molecule has 140 valence electrons. The Labute approximate surface area is 154 Å². The predicted molar refractivity (Wildman–Crippen MR) is 92.7 cm³/mol. The van der Waals surface area contributed by atoms with Crippen LogP contribution in [0.25, 0.3) is 0 Å². The summed E-state index contributed by atoms with van der Waals surface area (Å²) in [7, 11) is 1.37. The van der Waals surface area contributed by atoms with Crippen LogP contribution in [0.1, 0.15) is 6.42 Å². The average Bonchev–Trinajstić information content (AvgIpc) is 3.31. The van der Waals surface area contributed by atoms with Gasteiger partial charge in [0.05, 0.1) is 29.6 Å². The first kappa shape index (κ1) is 17.2. The zero-order valence-electron chi connectivity index (χ0n) is 14.5. The molecule has 3 amide bonds. The number of non-ortho nitro benzene ring substituents is 1. The Morgan fingerprint density at radius 2 is 1.89 bits per heavy atom. The minimum atomic E-state index is -0.615. The lowest BCUT2D eigenvalue weighted by Crippen LogP contribution is -2.39. The molecule has 2 fully saturated rings. The Morgan fingerprint density at radius 1 is 1.26 bits per heavy atom. The van der Waals surface area contributed by atoms with Crippen LogP contribution < -0.4 is 10.1 Å². The molecule has 27 heavy (non-hydrogen) atoms. The number of likely N-dealkylation sites (tertiary alicyclic amines) is 1. The minimum Gasteiger partial charge on any atom is -0.495 e. The summed E-state index contributed by atoms with van der Waals surface area (Å²) in [6, 6.07) is 3.79. The fourth-order valence-corrected chi connectivity index (χ4v) is 4.36. The van der Waals surface area contributed by atoms with Gasteiger partial charge in [-0.15, -0.1) is 0 Å². The van der Waals surface area contributed by atoms with E-state index >= 15 is 0 Å². The number of carbonyl (C=O) groups excluding carboxylic acids is 3. The average molecular weight is 371 g/mol. The molecule has 1 aliphatic heterocycles. The second kappa shape index (κ2) is 6.19. The van der Waals surface area contributed by atoms with Crippen molar-refractivity contribution in [2.75, 3.05) is 19.0 Å². The number of carbonyl (C=O) groups is 3. The highest BCUT2D eigenvalue weighted by Gasteiger charge is 2.59. The standard InChI is InChI=1S/C18H17N3O6/c1-27-13-5-4-11(21(25)26)7-12(13)19-14(22)8-20-17(23)15-9-2-3-10(6-9)16(15)18(20)24/h2-5,7,9-10,15-16H,6,8H2,1H3,(H,19,22)/t9-,10-,15-,16+/m1/s1. The lowest BCUT2D eigenvalue weighted by Gasteiger charge is -2.17. The molecule has 4 atom stereocenters. The van der Waals surface area contributed by atoms with Crippen molar-refractivity contribution in [3.05, 3.63) is 40.5 Å². The number of hydrogen-bond acceptors (Lipinski definition) is 6. The third-order valence-corrected chi connectivity index (χ3v) is 5.53. The number of benzene rings is 1. The van der Waals surface area contributed by atoms with Gasteiger partial charge in [0.25, 0.3) is 5.69 Å². The molecular weight excluding hydrogens is 354 g/mol. The van der Waals surface area contributed by atoms with E-state index in [1.54, 1.807) is 0 Å². The van der Waals surface area contributed by atoms with Crippen LogP contribution in [0, 0.1) is 33.8 Å². The number of hydrogen-bond donors (Lipinski definition) is 1. The molecule has 0 spiro atoms. The Hall–Kier alpha value is -3.23. The highest BCUT2D eigenvalue weighted by Crippen LogP contribution is 2.52. The van der Waals surface area contributed by atoms with Gasteiger partial charge in [0.1, 0.15) is 12.3 Å². The SMILES string of the molecule is COc1ccc([N+](=O)[O-])cc1NC(=O)CN1C(=O)[C@@H]2[C@H](C1=O)[C@@H]1C=C[C@@H]2C1. The van der Waals surface area contributed by atoms with Crippen LogP contribution in [-0.2, 0) is 14.4 Å². The third-order valence-electron chi connectivity index (χ3n) is 5.53. The van der Waals surface area contributed by atoms with Gasteiger partial charge in [0.2, 0.25) is 17.7 Å². The number of allylic oxidation sites excluding steroid dienone is 2. The number of ether oxygens (including phenoxy) is 1. The maximum Gasteiger partial charge on any atom is 0.271 e. The number of rotatable bonds is 5. The van der Waals surface area contributed by atoms with Gasteiger partial charge in [0, 0.05) is 12.1 Å². The van der Waals surface area contributed by atoms with E-state index in [1.807, 2.05) is 12.2 Å². The molecule has 1 heterocycles. The first-order valence-electron chi connectivity index (χ1n) is 8.56. The molecule has 4 rings (SSSR count). The number of anilines is 1. The smallest absolute Gasteiger partial charge is 0.271 e. The number of amides is 3. The van der Waals surface area contributed by atoms with Gasteiger partial charge in [0.15, 0.2) is 0 Å². The van der Waals surface area contributed by atoms with E-state index in [0.717, 1.165) is 11.3 Å². The normalized spacial score (nSPS) is 27.8. The van der Waals surface area contributed by atoms with Crippen molar-refractivity contribution in [2.45, 2.75) is 6.42 Å². The molecule has 1 aromatic rings.